The molecule has 1 heterocycles. The zero-order valence-corrected chi connectivity index (χ0v) is 19.5. The van der Waals surface area contributed by atoms with E-state index in [2.05, 4.69) is 15.0 Å². The Morgan fingerprint density at radius 3 is 2.50 bits per heavy atom. The van der Waals surface area contributed by atoms with E-state index in [1.165, 1.54) is 0 Å². The van der Waals surface area contributed by atoms with Crippen LogP contribution in [-0.4, -0.2) is 40.8 Å². The van der Waals surface area contributed by atoms with E-state index in [-0.39, 0.29) is 25.5 Å². The normalized spacial score (nSPS) is 18.6. The van der Waals surface area contributed by atoms with Gasteiger partial charge in [0.05, 0.1) is 13.2 Å². The Kier molecular flexibility index (Phi) is 7.85. The average Bonchev–Trinajstić information content (AvgIpc) is 3.29. The number of aliphatic hydroxyl groups is 1. The molecule has 0 amide bonds. The number of carboxylic acids is 1. The van der Waals surface area contributed by atoms with Crippen LogP contribution in [0, 0.1) is 0 Å². The number of azide groups is 1. The Morgan fingerprint density at radius 2 is 1.81 bits per heavy atom. The van der Waals surface area contributed by atoms with Gasteiger partial charge >= 0.3 is 5.97 Å². The van der Waals surface area contributed by atoms with Crippen LogP contribution in [-0.2, 0) is 22.5 Å². The molecule has 4 rings (SSSR count). The topological polar surface area (TPSA) is 137 Å². The number of rotatable bonds is 11. The van der Waals surface area contributed by atoms with Crippen LogP contribution < -0.4 is 4.74 Å². The third-order valence-corrected chi connectivity index (χ3v) is 5.97. The summed E-state index contributed by atoms with van der Waals surface area (Å²) >= 11 is 0. The fraction of sp³-hybridized carbons (Fsp3) is 0.259. The van der Waals surface area contributed by atoms with Crippen molar-refractivity contribution in [3.8, 4) is 5.75 Å². The van der Waals surface area contributed by atoms with Crippen molar-refractivity contribution in [2.75, 3.05) is 13.2 Å². The van der Waals surface area contributed by atoms with Crippen molar-refractivity contribution in [1.29, 1.82) is 0 Å². The molecule has 0 spiro atoms. The second-order valence-corrected chi connectivity index (χ2v) is 8.34. The molecule has 3 aromatic rings. The summed E-state index contributed by atoms with van der Waals surface area (Å²) in [4.78, 5) is 20.4. The molecule has 2 atom stereocenters. The first-order valence-electron chi connectivity index (χ1n) is 11.5. The van der Waals surface area contributed by atoms with E-state index in [1.54, 1.807) is 48.5 Å². The molecule has 0 fully saturated rings. The van der Waals surface area contributed by atoms with Gasteiger partial charge in [0, 0.05) is 29.9 Å². The molecule has 184 valence electrons. The summed E-state index contributed by atoms with van der Waals surface area (Å²) < 4.78 is 11.9. The number of aliphatic carboxylic acids is 1. The first-order chi connectivity index (χ1) is 17.6. The highest BCUT2D eigenvalue weighted by Crippen LogP contribution is 2.43. The van der Waals surface area contributed by atoms with Crippen molar-refractivity contribution >= 4 is 11.9 Å². The molecule has 0 unspecified atom stereocenters. The molecule has 9 heteroatoms. The van der Waals surface area contributed by atoms with E-state index in [0.717, 1.165) is 5.56 Å². The summed E-state index contributed by atoms with van der Waals surface area (Å²) in [6, 6.07) is 23.5. The van der Waals surface area contributed by atoms with Crippen molar-refractivity contribution in [3.05, 3.63) is 112 Å². The minimum Gasteiger partial charge on any atom is -0.494 e. The molecule has 1 aliphatic heterocycles. The van der Waals surface area contributed by atoms with Crippen LogP contribution in [0.15, 0.2) is 89.0 Å². The summed E-state index contributed by atoms with van der Waals surface area (Å²) in [7, 11) is 0. The highest BCUT2D eigenvalue weighted by atomic mass is 16.5. The van der Waals surface area contributed by atoms with Gasteiger partial charge in [-0.05, 0) is 46.5 Å². The highest BCUT2D eigenvalue weighted by Gasteiger charge is 2.54. The van der Waals surface area contributed by atoms with Gasteiger partial charge in [0.2, 0.25) is 11.4 Å². The fourth-order valence-corrected chi connectivity index (χ4v) is 4.19. The summed E-state index contributed by atoms with van der Waals surface area (Å²) in [5.74, 6) is -0.288. The van der Waals surface area contributed by atoms with E-state index < -0.39 is 17.6 Å². The van der Waals surface area contributed by atoms with Crippen molar-refractivity contribution in [2.45, 2.75) is 31.0 Å². The lowest BCUT2D eigenvalue weighted by Crippen LogP contribution is -2.43. The van der Waals surface area contributed by atoms with E-state index >= 15 is 0 Å². The van der Waals surface area contributed by atoms with Crippen LogP contribution in [0.5, 0.6) is 5.75 Å². The van der Waals surface area contributed by atoms with Gasteiger partial charge in [-0.1, -0.05) is 59.7 Å². The highest BCUT2D eigenvalue weighted by molar-refractivity contribution is 5.99. The minimum atomic E-state index is -1.64. The molecule has 9 nitrogen and oxygen atoms in total. The maximum absolute atomic E-state index is 12.9. The summed E-state index contributed by atoms with van der Waals surface area (Å²) in [5, 5.41) is 23.2. The van der Waals surface area contributed by atoms with Gasteiger partial charge in [-0.2, -0.15) is 0 Å². The summed E-state index contributed by atoms with van der Waals surface area (Å²) in [6.45, 7) is 0.489. The predicted octanol–water partition coefficient (Wildman–Crippen LogP) is 4.84. The number of hydrogen-bond acceptors (Lipinski definition) is 6. The van der Waals surface area contributed by atoms with Crippen LogP contribution in [0.2, 0.25) is 0 Å². The first-order valence-corrected chi connectivity index (χ1v) is 11.5. The van der Waals surface area contributed by atoms with Gasteiger partial charge in [0.15, 0.2) is 6.10 Å². The summed E-state index contributed by atoms with van der Waals surface area (Å²) in [5.41, 5.74) is 9.89. The molecule has 0 bridgehead atoms. The Balaban J connectivity index is 1.76. The third-order valence-electron chi connectivity index (χ3n) is 5.97. The molecule has 0 radical (unpaired) electrons. The largest absolute Gasteiger partial charge is 0.494 e. The quantitative estimate of drug-likeness (QED) is 0.173. The van der Waals surface area contributed by atoms with Gasteiger partial charge in [-0.15, -0.1) is 0 Å². The standard InChI is InChI=1S/C27H26N4O5/c28-31-29-18-21-9-4-5-10-23(21)24-27(26(33)34,17-19-7-2-1-3-8-19)30-25(36-24)20-11-13-22(14-12-20)35-16-6-15-32/h1-5,7-14,24,32H,6,15-18H2,(H,33,34)/t24-,27-/m1/s1. The predicted molar refractivity (Wildman–Crippen MR) is 134 cm³/mol. The van der Waals surface area contributed by atoms with Gasteiger partial charge in [-0.3, -0.25) is 0 Å². The van der Waals surface area contributed by atoms with Crippen molar-refractivity contribution in [2.24, 2.45) is 10.1 Å². The maximum Gasteiger partial charge on any atom is 0.336 e. The number of carboxylic acid groups (broad SMARTS) is 1. The van der Waals surface area contributed by atoms with Crippen LogP contribution in [0.3, 0.4) is 0 Å². The Morgan fingerprint density at radius 1 is 1.08 bits per heavy atom. The van der Waals surface area contributed by atoms with E-state index in [4.69, 9.17) is 20.1 Å². The minimum absolute atomic E-state index is 0.0456. The Hall–Kier alpha value is -4.33. The lowest BCUT2D eigenvalue weighted by Gasteiger charge is -2.29. The van der Waals surface area contributed by atoms with Gasteiger partial charge in [0.25, 0.3) is 0 Å². The van der Waals surface area contributed by atoms with Crippen molar-refractivity contribution < 1.29 is 24.5 Å². The van der Waals surface area contributed by atoms with E-state index in [0.29, 0.717) is 35.5 Å². The zero-order valence-electron chi connectivity index (χ0n) is 19.5. The van der Waals surface area contributed by atoms with Crippen LogP contribution in [0.4, 0.5) is 0 Å². The molecule has 3 aromatic carbocycles. The van der Waals surface area contributed by atoms with E-state index in [1.807, 2.05) is 30.3 Å². The second-order valence-electron chi connectivity index (χ2n) is 8.34. The molecule has 2 N–H and O–H groups in total. The van der Waals surface area contributed by atoms with Gasteiger partial charge < -0.3 is 19.7 Å². The smallest absolute Gasteiger partial charge is 0.336 e. The molecular formula is C27H26N4O5. The monoisotopic (exact) mass is 486 g/mol. The molecule has 0 aromatic heterocycles. The molecule has 0 aliphatic carbocycles. The lowest BCUT2D eigenvalue weighted by molar-refractivity contribution is -0.146. The molecule has 36 heavy (non-hydrogen) atoms. The number of benzene rings is 3. The average molecular weight is 487 g/mol. The van der Waals surface area contributed by atoms with Crippen LogP contribution >= 0.6 is 0 Å². The Bertz CT molecular complexity index is 1270. The lowest BCUT2D eigenvalue weighted by atomic mass is 9.81. The first kappa shape index (κ1) is 24.8. The zero-order chi connectivity index (χ0) is 25.4. The number of carbonyl (C=O) groups is 1. The number of hydrogen-bond donors (Lipinski definition) is 2. The third kappa shape index (κ3) is 5.33. The van der Waals surface area contributed by atoms with Crippen LogP contribution in [0.1, 0.15) is 34.8 Å². The number of ether oxygens (including phenoxy) is 2. The second kappa shape index (κ2) is 11.4. The number of aliphatic imine (C=N–C) groups is 1. The number of nitrogens with zero attached hydrogens (tertiary/aromatic N) is 4. The Labute approximate surface area is 208 Å². The van der Waals surface area contributed by atoms with Gasteiger partial charge in [-0.25, -0.2) is 9.79 Å². The molecular weight excluding hydrogens is 460 g/mol. The summed E-state index contributed by atoms with van der Waals surface area (Å²) in [6.07, 6.45) is -0.319. The van der Waals surface area contributed by atoms with Crippen molar-refractivity contribution in [1.82, 2.24) is 0 Å². The molecule has 0 saturated heterocycles. The van der Waals surface area contributed by atoms with E-state index in [9.17, 15) is 9.90 Å². The fourth-order valence-electron chi connectivity index (χ4n) is 4.19. The molecule has 1 aliphatic rings. The van der Waals surface area contributed by atoms with Gasteiger partial charge in [0.1, 0.15) is 5.75 Å². The van der Waals surface area contributed by atoms with Crippen molar-refractivity contribution in [3.63, 3.8) is 0 Å². The SMILES string of the molecule is [N-]=[N+]=NCc1ccccc1[C@H]1OC(c2ccc(OCCCO)cc2)=N[C@@]1(Cc1ccccc1)C(=O)O. The molecule has 0 saturated carbocycles. The maximum atomic E-state index is 12.9. The van der Waals surface area contributed by atoms with Crippen LogP contribution in [0.25, 0.3) is 10.4 Å². The number of aliphatic hydroxyl groups excluding tert-OH is 1.